The minimum atomic E-state index is -0.158. The van der Waals surface area contributed by atoms with Gasteiger partial charge < -0.3 is 14.8 Å². The lowest BCUT2D eigenvalue weighted by Gasteiger charge is -2.13. The van der Waals surface area contributed by atoms with Crippen LogP contribution in [0.15, 0.2) is 60.0 Å². The van der Waals surface area contributed by atoms with Crippen LogP contribution in [0.2, 0.25) is 5.02 Å². The number of ether oxygens (including phenoxy) is 2. The van der Waals surface area contributed by atoms with E-state index in [1.165, 1.54) is 0 Å². The van der Waals surface area contributed by atoms with Gasteiger partial charge in [-0.3, -0.25) is 4.79 Å². The minimum Gasteiger partial charge on any atom is -0.493 e. The molecule has 0 saturated heterocycles. The van der Waals surface area contributed by atoms with Gasteiger partial charge in [0.1, 0.15) is 6.61 Å². The van der Waals surface area contributed by atoms with Gasteiger partial charge in [-0.2, -0.15) is 0 Å². The monoisotopic (exact) mass is 387 g/mol. The fourth-order valence-corrected chi connectivity index (χ4v) is 3.22. The average molecular weight is 388 g/mol. The number of hydrogen-bond donors (Lipinski definition) is 1. The van der Waals surface area contributed by atoms with Crippen molar-refractivity contribution in [1.82, 2.24) is 5.32 Å². The van der Waals surface area contributed by atoms with Crippen LogP contribution >= 0.6 is 22.9 Å². The standard InChI is InChI=1S/C20H18ClNO3S/c1-24-19-11-14(20(23)22-12-16-6-4-10-26-16)8-9-18(19)25-13-15-5-2-3-7-17(15)21/h2-11H,12-13H2,1H3,(H,22,23). The maximum atomic E-state index is 12.3. The van der Waals surface area contributed by atoms with E-state index in [0.29, 0.717) is 35.2 Å². The quantitative estimate of drug-likeness (QED) is 0.626. The van der Waals surface area contributed by atoms with Crippen molar-refractivity contribution in [2.24, 2.45) is 0 Å². The van der Waals surface area contributed by atoms with Gasteiger partial charge >= 0.3 is 0 Å². The first-order valence-corrected chi connectivity index (χ1v) is 9.28. The molecule has 3 aromatic rings. The van der Waals surface area contributed by atoms with Crippen LogP contribution in [0.25, 0.3) is 0 Å². The van der Waals surface area contributed by atoms with Crippen LogP contribution < -0.4 is 14.8 Å². The van der Waals surface area contributed by atoms with E-state index >= 15 is 0 Å². The lowest BCUT2D eigenvalue weighted by atomic mass is 10.2. The number of amides is 1. The molecule has 1 heterocycles. The van der Waals surface area contributed by atoms with Gasteiger partial charge in [-0.05, 0) is 35.7 Å². The fourth-order valence-electron chi connectivity index (χ4n) is 2.38. The third-order valence-electron chi connectivity index (χ3n) is 3.77. The molecule has 0 saturated carbocycles. The molecule has 0 fully saturated rings. The van der Waals surface area contributed by atoms with Crippen molar-refractivity contribution in [2.75, 3.05) is 7.11 Å². The number of carbonyl (C=O) groups excluding carboxylic acids is 1. The Morgan fingerprint density at radius 2 is 1.96 bits per heavy atom. The molecule has 0 spiro atoms. The molecular weight excluding hydrogens is 370 g/mol. The predicted octanol–water partition coefficient (Wildman–Crippen LogP) is 4.92. The molecule has 0 radical (unpaired) electrons. The van der Waals surface area contributed by atoms with Crippen LogP contribution in [0.4, 0.5) is 0 Å². The van der Waals surface area contributed by atoms with Crippen LogP contribution in [0.3, 0.4) is 0 Å². The second-order valence-electron chi connectivity index (χ2n) is 5.51. The first-order chi connectivity index (χ1) is 12.7. The largest absolute Gasteiger partial charge is 0.493 e. The van der Waals surface area contributed by atoms with E-state index in [4.69, 9.17) is 21.1 Å². The van der Waals surface area contributed by atoms with Crippen LogP contribution in [0.1, 0.15) is 20.8 Å². The Balaban J connectivity index is 1.67. The van der Waals surface area contributed by atoms with Crippen LogP contribution in [-0.2, 0) is 13.2 Å². The molecular formula is C20H18ClNO3S. The average Bonchev–Trinajstić information content (AvgIpc) is 3.19. The second-order valence-corrected chi connectivity index (χ2v) is 6.95. The Kier molecular flexibility index (Phi) is 6.15. The van der Waals surface area contributed by atoms with Gasteiger partial charge in [0.25, 0.3) is 5.91 Å². The van der Waals surface area contributed by atoms with Crippen molar-refractivity contribution in [2.45, 2.75) is 13.2 Å². The molecule has 1 N–H and O–H groups in total. The molecule has 1 amide bonds. The summed E-state index contributed by atoms with van der Waals surface area (Å²) in [5, 5.41) is 5.53. The number of methoxy groups -OCH3 is 1. The van der Waals surface area contributed by atoms with Gasteiger partial charge in [0, 0.05) is 21.0 Å². The van der Waals surface area contributed by atoms with Crippen LogP contribution in [0, 0.1) is 0 Å². The number of carbonyl (C=O) groups is 1. The Hall–Kier alpha value is -2.50. The minimum absolute atomic E-state index is 0.158. The van der Waals surface area contributed by atoms with Crippen molar-refractivity contribution in [3.05, 3.63) is 81.0 Å². The van der Waals surface area contributed by atoms with E-state index in [1.54, 1.807) is 36.6 Å². The highest BCUT2D eigenvalue weighted by atomic mass is 35.5. The second kappa shape index (κ2) is 8.74. The Labute approximate surface area is 161 Å². The van der Waals surface area contributed by atoms with E-state index in [0.717, 1.165) is 10.4 Å². The van der Waals surface area contributed by atoms with Gasteiger partial charge in [0.15, 0.2) is 11.5 Å². The molecule has 1 aromatic heterocycles. The molecule has 0 atom stereocenters. The number of hydrogen-bond acceptors (Lipinski definition) is 4. The van der Waals surface area contributed by atoms with Gasteiger partial charge in [-0.25, -0.2) is 0 Å². The van der Waals surface area contributed by atoms with Gasteiger partial charge in [-0.15, -0.1) is 11.3 Å². The van der Waals surface area contributed by atoms with E-state index in [-0.39, 0.29) is 5.91 Å². The summed E-state index contributed by atoms with van der Waals surface area (Å²) in [6.45, 7) is 0.823. The number of benzene rings is 2. The number of nitrogens with one attached hydrogen (secondary N) is 1. The summed E-state index contributed by atoms with van der Waals surface area (Å²) in [6.07, 6.45) is 0. The number of thiophene rings is 1. The number of rotatable bonds is 7. The molecule has 0 aliphatic heterocycles. The van der Waals surface area contributed by atoms with Crippen molar-refractivity contribution in [3.63, 3.8) is 0 Å². The first kappa shape index (κ1) is 18.3. The topological polar surface area (TPSA) is 47.6 Å². The third kappa shape index (κ3) is 4.56. The fraction of sp³-hybridized carbons (Fsp3) is 0.150. The van der Waals surface area contributed by atoms with Crippen LogP contribution in [-0.4, -0.2) is 13.0 Å². The van der Waals surface area contributed by atoms with Gasteiger partial charge in [0.05, 0.1) is 13.7 Å². The molecule has 2 aromatic carbocycles. The lowest BCUT2D eigenvalue weighted by molar-refractivity contribution is 0.0951. The maximum Gasteiger partial charge on any atom is 0.251 e. The number of halogens is 1. The zero-order valence-corrected chi connectivity index (χ0v) is 15.8. The van der Waals surface area contributed by atoms with Crippen molar-refractivity contribution in [3.8, 4) is 11.5 Å². The summed E-state index contributed by atoms with van der Waals surface area (Å²) < 4.78 is 11.2. The highest BCUT2D eigenvalue weighted by Gasteiger charge is 2.12. The maximum absolute atomic E-state index is 12.3. The van der Waals surface area contributed by atoms with E-state index < -0.39 is 0 Å². The highest BCUT2D eigenvalue weighted by Crippen LogP contribution is 2.29. The summed E-state index contributed by atoms with van der Waals surface area (Å²) in [5.74, 6) is 0.900. The molecule has 0 bridgehead atoms. The summed E-state index contributed by atoms with van der Waals surface area (Å²) in [6, 6.07) is 16.6. The van der Waals surface area contributed by atoms with E-state index in [1.807, 2.05) is 41.8 Å². The zero-order valence-electron chi connectivity index (χ0n) is 14.2. The summed E-state index contributed by atoms with van der Waals surface area (Å²) in [5.41, 5.74) is 1.40. The highest BCUT2D eigenvalue weighted by molar-refractivity contribution is 7.09. The van der Waals surface area contributed by atoms with Gasteiger partial charge in [-0.1, -0.05) is 35.9 Å². The summed E-state index contributed by atoms with van der Waals surface area (Å²) >= 11 is 7.75. The van der Waals surface area contributed by atoms with E-state index in [2.05, 4.69) is 5.32 Å². The molecule has 3 rings (SSSR count). The predicted molar refractivity (Wildman–Crippen MR) is 104 cm³/mol. The summed E-state index contributed by atoms with van der Waals surface area (Å²) in [4.78, 5) is 13.4. The molecule has 0 unspecified atom stereocenters. The van der Waals surface area contributed by atoms with Crippen molar-refractivity contribution in [1.29, 1.82) is 0 Å². The van der Waals surface area contributed by atoms with Crippen molar-refractivity contribution >= 4 is 28.8 Å². The molecule has 0 aliphatic rings. The molecule has 6 heteroatoms. The summed E-state index contributed by atoms with van der Waals surface area (Å²) in [7, 11) is 1.55. The molecule has 134 valence electrons. The lowest BCUT2D eigenvalue weighted by Crippen LogP contribution is -2.22. The smallest absolute Gasteiger partial charge is 0.251 e. The Morgan fingerprint density at radius 3 is 2.69 bits per heavy atom. The molecule has 26 heavy (non-hydrogen) atoms. The van der Waals surface area contributed by atoms with E-state index in [9.17, 15) is 4.79 Å². The molecule has 4 nitrogen and oxygen atoms in total. The van der Waals surface area contributed by atoms with Gasteiger partial charge in [0.2, 0.25) is 0 Å². The SMILES string of the molecule is COc1cc(C(=O)NCc2cccs2)ccc1OCc1ccccc1Cl. The first-order valence-electron chi connectivity index (χ1n) is 8.02. The zero-order chi connectivity index (χ0) is 18.4. The van der Waals surface area contributed by atoms with Crippen LogP contribution in [0.5, 0.6) is 11.5 Å². The normalized spacial score (nSPS) is 10.4. The third-order valence-corrected chi connectivity index (χ3v) is 5.02. The Morgan fingerprint density at radius 1 is 1.12 bits per heavy atom. The molecule has 0 aliphatic carbocycles. The van der Waals surface area contributed by atoms with Crippen molar-refractivity contribution < 1.29 is 14.3 Å². The Bertz CT molecular complexity index is 881.